The number of hydrogen-bond donors (Lipinski definition) is 1. The molecule has 0 saturated carbocycles. The van der Waals surface area contributed by atoms with Gasteiger partial charge in [0.05, 0.1) is 5.92 Å². The normalized spacial score (nSPS) is 12.5. The first-order valence-corrected chi connectivity index (χ1v) is 5.69. The quantitative estimate of drug-likeness (QED) is 0.915. The highest BCUT2D eigenvalue weighted by atomic mass is 79.9. The van der Waals surface area contributed by atoms with E-state index >= 15 is 0 Å². The van der Waals surface area contributed by atoms with Crippen LogP contribution in [-0.2, 0) is 11.2 Å². The van der Waals surface area contributed by atoms with Crippen molar-refractivity contribution in [2.24, 2.45) is 5.92 Å². The van der Waals surface area contributed by atoms with Crippen LogP contribution in [-0.4, -0.2) is 11.1 Å². The molecule has 82 valence electrons. The summed E-state index contributed by atoms with van der Waals surface area (Å²) in [6.45, 7) is 5.78. The van der Waals surface area contributed by atoms with Crippen LogP contribution in [0.3, 0.4) is 0 Å². The van der Waals surface area contributed by atoms with E-state index in [1.54, 1.807) is 6.92 Å². The molecular weight excluding hydrogens is 256 g/mol. The van der Waals surface area contributed by atoms with Crippen LogP contribution in [0.5, 0.6) is 0 Å². The Labute approximate surface area is 98.4 Å². The van der Waals surface area contributed by atoms with E-state index in [0.29, 0.717) is 6.42 Å². The molecule has 0 aliphatic carbocycles. The lowest BCUT2D eigenvalue weighted by Crippen LogP contribution is -2.13. The molecule has 0 radical (unpaired) electrons. The molecule has 0 saturated heterocycles. The molecule has 1 aromatic rings. The Bertz CT molecular complexity index is 362. The van der Waals surface area contributed by atoms with Gasteiger partial charge in [-0.3, -0.25) is 4.79 Å². The van der Waals surface area contributed by atoms with Gasteiger partial charge in [-0.2, -0.15) is 0 Å². The molecule has 3 heteroatoms. The van der Waals surface area contributed by atoms with Gasteiger partial charge in [-0.05, 0) is 43.0 Å². The van der Waals surface area contributed by atoms with Gasteiger partial charge in [-0.1, -0.05) is 28.9 Å². The van der Waals surface area contributed by atoms with Gasteiger partial charge in [0, 0.05) is 4.47 Å². The molecule has 2 nitrogen and oxygen atoms in total. The number of benzene rings is 1. The fourth-order valence-corrected chi connectivity index (χ4v) is 2.43. The number of carboxylic acids is 1. The predicted molar refractivity (Wildman–Crippen MR) is 64.1 cm³/mol. The second-order valence-corrected chi connectivity index (χ2v) is 4.84. The lowest BCUT2D eigenvalue weighted by molar-refractivity contribution is -0.141. The Morgan fingerprint density at radius 1 is 1.47 bits per heavy atom. The summed E-state index contributed by atoms with van der Waals surface area (Å²) in [7, 11) is 0. The van der Waals surface area contributed by atoms with E-state index in [4.69, 9.17) is 5.11 Å². The van der Waals surface area contributed by atoms with Crippen LogP contribution >= 0.6 is 15.9 Å². The average molecular weight is 271 g/mol. The van der Waals surface area contributed by atoms with Crippen LogP contribution < -0.4 is 0 Å². The topological polar surface area (TPSA) is 37.3 Å². The Morgan fingerprint density at radius 2 is 2.07 bits per heavy atom. The monoisotopic (exact) mass is 270 g/mol. The zero-order chi connectivity index (χ0) is 11.6. The molecule has 0 aromatic heterocycles. The second-order valence-electron chi connectivity index (χ2n) is 3.99. The van der Waals surface area contributed by atoms with Gasteiger partial charge in [0.1, 0.15) is 0 Å². The van der Waals surface area contributed by atoms with Crippen molar-refractivity contribution in [1.29, 1.82) is 0 Å². The predicted octanol–water partition coefficient (Wildman–Crippen LogP) is 3.33. The number of halogens is 1. The number of carbonyl (C=O) groups is 1. The summed E-state index contributed by atoms with van der Waals surface area (Å²) in [5, 5.41) is 8.86. The minimum absolute atomic E-state index is 0.345. The van der Waals surface area contributed by atoms with Crippen molar-refractivity contribution in [2.75, 3.05) is 0 Å². The lowest BCUT2D eigenvalue weighted by Gasteiger charge is -2.12. The molecule has 1 aromatic carbocycles. The standard InChI is InChI=1S/C12H15BrO2/c1-7-4-8(2)10(11(13)5-7)6-9(3)12(14)15/h4-5,9H,6H2,1-3H3,(H,14,15). The minimum Gasteiger partial charge on any atom is -0.481 e. The van der Waals surface area contributed by atoms with Crippen LogP contribution in [0.15, 0.2) is 16.6 Å². The molecule has 0 fully saturated rings. The van der Waals surface area contributed by atoms with E-state index in [1.165, 1.54) is 5.56 Å². The maximum atomic E-state index is 10.8. The maximum Gasteiger partial charge on any atom is 0.306 e. The molecule has 15 heavy (non-hydrogen) atoms. The van der Waals surface area contributed by atoms with Gasteiger partial charge in [0.15, 0.2) is 0 Å². The maximum absolute atomic E-state index is 10.8. The summed E-state index contributed by atoms with van der Waals surface area (Å²) >= 11 is 3.48. The average Bonchev–Trinajstić information content (AvgIpc) is 2.10. The smallest absolute Gasteiger partial charge is 0.306 e. The second kappa shape index (κ2) is 4.79. The first-order valence-electron chi connectivity index (χ1n) is 4.90. The van der Waals surface area contributed by atoms with Crippen molar-refractivity contribution >= 4 is 21.9 Å². The van der Waals surface area contributed by atoms with Crippen LogP contribution in [0.25, 0.3) is 0 Å². The van der Waals surface area contributed by atoms with Crippen LogP contribution in [0.2, 0.25) is 0 Å². The van der Waals surface area contributed by atoms with Gasteiger partial charge in [0.2, 0.25) is 0 Å². The van der Waals surface area contributed by atoms with E-state index in [1.807, 2.05) is 19.9 Å². The molecule has 0 spiro atoms. The largest absolute Gasteiger partial charge is 0.481 e. The first-order chi connectivity index (χ1) is 6.91. The molecule has 1 unspecified atom stereocenters. The van der Waals surface area contributed by atoms with Crippen molar-refractivity contribution in [3.63, 3.8) is 0 Å². The fraction of sp³-hybridized carbons (Fsp3) is 0.417. The van der Waals surface area contributed by atoms with Gasteiger partial charge in [0.25, 0.3) is 0 Å². The molecule has 0 heterocycles. The molecule has 0 amide bonds. The minimum atomic E-state index is -0.748. The molecule has 1 N–H and O–H groups in total. The van der Waals surface area contributed by atoms with Gasteiger partial charge < -0.3 is 5.11 Å². The van der Waals surface area contributed by atoms with Crippen molar-refractivity contribution in [3.8, 4) is 0 Å². The molecule has 0 aliphatic heterocycles. The Hall–Kier alpha value is -0.830. The number of aryl methyl sites for hydroxylation is 2. The highest BCUT2D eigenvalue weighted by molar-refractivity contribution is 9.10. The van der Waals surface area contributed by atoms with E-state index in [-0.39, 0.29) is 5.92 Å². The zero-order valence-electron chi connectivity index (χ0n) is 9.17. The van der Waals surface area contributed by atoms with E-state index in [2.05, 4.69) is 22.0 Å². The Balaban J connectivity index is 3.00. The lowest BCUT2D eigenvalue weighted by atomic mass is 9.96. The van der Waals surface area contributed by atoms with Crippen molar-refractivity contribution in [1.82, 2.24) is 0 Å². The highest BCUT2D eigenvalue weighted by Gasteiger charge is 2.15. The molecule has 1 atom stereocenters. The highest BCUT2D eigenvalue weighted by Crippen LogP contribution is 2.25. The van der Waals surface area contributed by atoms with Crippen molar-refractivity contribution in [2.45, 2.75) is 27.2 Å². The number of rotatable bonds is 3. The molecular formula is C12H15BrO2. The summed E-state index contributed by atoms with van der Waals surface area (Å²) < 4.78 is 1.01. The third-order valence-electron chi connectivity index (χ3n) is 2.49. The molecule has 0 bridgehead atoms. The van der Waals surface area contributed by atoms with Gasteiger partial charge in [-0.15, -0.1) is 0 Å². The summed E-state index contributed by atoms with van der Waals surface area (Å²) in [6.07, 6.45) is 0.571. The van der Waals surface area contributed by atoms with Crippen LogP contribution in [0.4, 0.5) is 0 Å². The fourth-order valence-electron chi connectivity index (χ4n) is 1.60. The summed E-state index contributed by atoms with van der Waals surface area (Å²) in [4.78, 5) is 10.8. The van der Waals surface area contributed by atoms with Gasteiger partial charge >= 0.3 is 5.97 Å². The summed E-state index contributed by atoms with van der Waals surface area (Å²) in [5.74, 6) is -1.09. The van der Waals surface area contributed by atoms with Crippen molar-refractivity contribution in [3.05, 3.63) is 33.3 Å². The third-order valence-corrected chi connectivity index (χ3v) is 3.20. The first kappa shape index (κ1) is 12.2. The van der Waals surface area contributed by atoms with E-state index < -0.39 is 5.97 Å². The number of carboxylic acid groups (broad SMARTS) is 1. The van der Waals surface area contributed by atoms with Crippen LogP contribution in [0.1, 0.15) is 23.6 Å². The summed E-state index contributed by atoms with van der Waals surface area (Å²) in [6, 6.07) is 4.10. The Morgan fingerprint density at radius 3 is 2.53 bits per heavy atom. The SMILES string of the molecule is Cc1cc(C)c(CC(C)C(=O)O)c(Br)c1. The van der Waals surface area contributed by atoms with Gasteiger partial charge in [-0.25, -0.2) is 0 Å². The molecule has 0 aliphatic rings. The van der Waals surface area contributed by atoms with Crippen molar-refractivity contribution < 1.29 is 9.90 Å². The summed E-state index contributed by atoms with van der Waals surface area (Å²) in [5.41, 5.74) is 3.43. The zero-order valence-corrected chi connectivity index (χ0v) is 10.8. The van der Waals surface area contributed by atoms with E-state index in [0.717, 1.165) is 15.6 Å². The third kappa shape index (κ3) is 3.06. The van der Waals surface area contributed by atoms with E-state index in [9.17, 15) is 4.79 Å². The van der Waals surface area contributed by atoms with Crippen LogP contribution in [0, 0.1) is 19.8 Å². The molecule has 1 rings (SSSR count). The number of hydrogen-bond acceptors (Lipinski definition) is 1. The Kier molecular flexibility index (Phi) is 3.91. The number of aliphatic carboxylic acids is 1.